The maximum Gasteiger partial charge on any atom is 0.283 e. The molecule has 0 radical (unpaired) electrons. The molecule has 0 aromatic heterocycles. The lowest BCUT2D eigenvalue weighted by atomic mass is 10.1. The number of ether oxygens (including phenoxy) is 1. The van der Waals surface area contributed by atoms with Gasteiger partial charge in [0.05, 0.1) is 64.2 Å². The van der Waals surface area contributed by atoms with Gasteiger partial charge in [0.25, 0.3) is 10.1 Å². The van der Waals surface area contributed by atoms with Gasteiger partial charge in [-0.25, -0.2) is 32.6 Å². The van der Waals surface area contributed by atoms with Gasteiger partial charge < -0.3 is 15.2 Å². The molecular weight excluding hydrogens is 919 g/mol. The fraction of sp³-hybridized carbons (Fsp3) is 0.214. The number of azo groups is 2. The Kier molecular flexibility index (Phi) is 18.4. The van der Waals surface area contributed by atoms with Crippen LogP contribution < -0.4 is 10.1 Å². The highest BCUT2D eigenvalue weighted by Crippen LogP contribution is 2.48. The van der Waals surface area contributed by atoms with Gasteiger partial charge in [-0.15, -0.1) is 33.5 Å². The summed E-state index contributed by atoms with van der Waals surface area (Å²) in [6, 6.07) is 12.8. The summed E-state index contributed by atoms with van der Waals surface area (Å²) in [6.45, 7) is -0.800. The minimum Gasteiger partial charge on any atom is -0.505 e. The van der Waals surface area contributed by atoms with Crippen molar-refractivity contribution in [3.8, 4) is 11.5 Å². The van der Waals surface area contributed by atoms with Crippen LogP contribution in [0.3, 0.4) is 0 Å². The molecule has 0 atom stereocenters. The number of hydrogen-bond acceptors (Lipinski definition) is 27. The van der Waals surface area contributed by atoms with Crippen molar-refractivity contribution in [2.24, 2.45) is 20.5 Å². The maximum atomic E-state index is 13.2. The van der Waals surface area contributed by atoms with Gasteiger partial charge in [-0.2, -0.15) is 8.42 Å². The standard InChI is InChI=1S/C28H29N5O20S6/c1-45-23-9-6-17(57(38,39)12-10-46-55-52-49-36)14-22(23)31-33-27-24(54-51-48-35)15-19-18(28(27)34)7-8-21(29-16-59(42,43)44)26(19)32-30-20-4-2-3-5-25(20)58(40,41)13-11-47-56-53-50-37/h2-9,14-15,29,34-37H,10-13,16H2,1H3,(H,42,43,44). The third-order valence-electron chi connectivity index (χ3n) is 7.11. The number of methoxy groups -OCH3 is 1. The summed E-state index contributed by atoms with van der Waals surface area (Å²) < 4.78 is 113. The Morgan fingerprint density at radius 1 is 0.695 bits per heavy atom. The zero-order valence-electron chi connectivity index (χ0n) is 29.4. The molecule has 0 aliphatic heterocycles. The van der Waals surface area contributed by atoms with Gasteiger partial charge in [0.2, 0.25) is 0 Å². The fourth-order valence-corrected chi connectivity index (χ4v) is 8.44. The number of fused-ring (bicyclic) bond motifs is 1. The number of sulfone groups is 2. The van der Waals surface area contributed by atoms with Crippen molar-refractivity contribution in [3.05, 3.63) is 60.7 Å². The average Bonchev–Trinajstić information content (AvgIpc) is 3.20. The number of benzene rings is 4. The number of rotatable bonds is 25. The highest BCUT2D eigenvalue weighted by atomic mass is 32.2. The zero-order chi connectivity index (χ0) is 43.1. The molecular formula is C28H29N5O20S6. The molecule has 0 saturated carbocycles. The van der Waals surface area contributed by atoms with E-state index in [9.17, 15) is 34.9 Å². The smallest absolute Gasteiger partial charge is 0.283 e. The average molecular weight is 948 g/mol. The van der Waals surface area contributed by atoms with E-state index in [4.69, 9.17) is 28.9 Å². The highest BCUT2D eigenvalue weighted by molar-refractivity contribution is 7.94. The van der Waals surface area contributed by atoms with E-state index in [1.165, 1.54) is 61.7 Å². The van der Waals surface area contributed by atoms with Crippen LogP contribution in [0.25, 0.3) is 10.8 Å². The predicted octanol–water partition coefficient (Wildman–Crippen LogP) is 6.62. The first-order chi connectivity index (χ1) is 28.2. The summed E-state index contributed by atoms with van der Waals surface area (Å²) in [4.78, 5) is -0.694. The van der Waals surface area contributed by atoms with E-state index < -0.39 is 59.5 Å². The summed E-state index contributed by atoms with van der Waals surface area (Å²) in [5.74, 6) is -2.73. The van der Waals surface area contributed by atoms with Crippen LogP contribution >= 0.6 is 36.7 Å². The van der Waals surface area contributed by atoms with Crippen LogP contribution in [0.15, 0.2) is 95.8 Å². The molecule has 0 amide bonds. The minimum atomic E-state index is -4.62. The topological polar surface area (TPSA) is 348 Å². The third-order valence-corrected chi connectivity index (χ3v) is 12.4. The predicted molar refractivity (Wildman–Crippen MR) is 205 cm³/mol. The normalized spacial score (nSPS) is 12.6. The van der Waals surface area contributed by atoms with Gasteiger partial charge in [0, 0.05) is 10.8 Å². The molecule has 4 aromatic carbocycles. The molecule has 0 heterocycles. The van der Waals surface area contributed by atoms with Gasteiger partial charge in [-0.1, -0.05) is 27.2 Å². The van der Waals surface area contributed by atoms with Gasteiger partial charge in [0.15, 0.2) is 50.1 Å². The second kappa shape index (κ2) is 22.7. The molecule has 6 N–H and O–H groups in total. The lowest BCUT2D eigenvalue weighted by Gasteiger charge is -2.14. The molecule has 0 fully saturated rings. The van der Waals surface area contributed by atoms with Gasteiger partial charge in [-0.05, 0) is 48.5 Å². The number of aromatic hydroxyl groups is 1. The summed E-state index contributed by atoms with van der Waals surface area (Å²) in [7, 11) is -11.5. The Bertz CT molecular complexity index is 2460. The number of phenolic OH excluding ortho intramolecular Hbond substituents is 1. The second-order valence-corrected chi connectivity index (χ2v) is 18.1. The molecule has 4 aromatic rings. The van der Waals surface area contributed by atoms with E-state index in [1.54, 1.807) is 0 Å². The monoisotopic (exact) mass is 947 g/mol. The quantitative estimate of drug-likeness (QED) is 0.0101. The van der Waals surface area contributed by atoms with E-state index in [2.05, 4.69) is 53.9 Å². The van der Waals surface area contributed by atoms with Gasteiger partial charge in [-0.3, -0.25) is 12.9 Å². The minimum absolute atomic E-state index is 0.0200. The van der Waals surface area contributed by atoms with Crippen LogP contribution in [0.4, 0.5) is 28.4 Å². The molecule has 0 spiro atoms. The van der Waals surface area contributed by atoms with Crippen LogP contribution in [-0.2, 0) is 66.3 Å². The zero-order valence-corrected chi connectivity index (χ0v) is 34.3. The van der Waals surface area contributed by atoms with Crippen LogP contribution in [0, 0.1) is 0 Å². The fourth-order valence-electron chi connectivity index (χ4n) is 4.64. The van der Waals surface area contributed by atoms with Crippen molar-refractivity contribution in [1.29, 1.82) is 0 Å². The van der Waals surface area contributed by atoms with Crippen molar-refractivity contribution < 1.29 is 91.9 Å². The number of phenols is 1. The summed E-state index contributed by atoms with van der Waals surface area (Å²) in [5, 5.41) is 66.2. The number of hydrogen-bond donors (Lipinski definition) is 6. The van der Waals surface area contributed by atoms with E-state index >= 15 is 0 Å². The second-order valence-electron chi connectivity index (χ2n) is 10.7. The van der Waals surface area contributed by atoms with E-state index in [0.717, 1.165) is 6.07 Å². The Hall–Kier alpha value is -3.84. The first kappa shape index (κ1) is 47.8. The lowest BCUT2D eigenvalue weighted by Crippen LogP contribution is -2.13. The van der Waals surface area contributed by atoms with Crippen LogP contribution in [0.5, 0.6) is 11.5 Å². The highest BCUT2D eigenvalue weighted by Gasteiger charge is 2.23. The molecule has 4 rings (SSSR count). The number of nitrogens with zero attached hydrogens (tertiary/aromatic N) is 4. The molecule has 322 valence electrons. The Morgan fingerprint density at radius 3 is 1.97 bits per heavy atom. The molecule has 25 nitrogen and oxygen atoms in total. The van der Waals surface area contributed by atoms with Crippen molar-refractivity contribution in [2.75, 3.05) is 43.0 Å². The van der Waals surface area contributed by atoms with Crippen LogP contribution in [0.1, 0.15) is 0 Å². The van der Waals surface area contributed by atoms with E-state index in [-0.39, 0.29) is 90.9 Å². The van der Waals surface area contributed by atoms with E-state index in [1.807, 2.05) is 0 Å². The van der Waals surface area contributed by atoms with Crippen molar-refractivity contribution in [2.45, 2.75) is 14.7 Å². The first-order valence-corrected chi connectivity index (χ1v) is 22.4. The van der Waals surface area contributed by atoms with Gasteiger partial charge >= 0.3 is 0 Å². The Labute approximate surface area is 346 Å². The lowest BCUT2D eigenvalue weighted by molar-refractivity contribution is -0.434. The van der Waals surface area contributed by atoms with Crippen molar-refractivity contribution in [3.63, 3.8) is 0 Å². The summed E-state index contributed by atoms with van der Waals surface area (Å²) in [6.07, 6.45) is 0. The third kappa shape index (κ3) is 13.8. The Balaban J connectivity index is 1.83. The SMILES string of the molecule is COc1ccc(S(=O)(=O)CCOSOOO)cc1N=Nc1c(SOOO)cc2c(N=Nc3ccccc3S(=O)(=O)CCOSOOO)c(NCS(=O)(=O)O)ccc2c1O. The van der Waals surface area contributed by atoms with E-state index in [0.29, 0.717) is 12.0 Å². The molecule has 31 heteroatoms. The largest absolute Gasteiger partial charge is 0.505 e. The molecule has 59 heavy (non-hydrogen) atoms. The first-order valence-electron chi connectivity index (χ1n) is 15.4. The van der Waals surface area contributed by atoms with Crippen molar-refractivity contribution >= 4 is 106 Å². The molecule has 0 bridgehead atoms. The Morgan fingerprint density at radius 2 is 1.32 bits per heavy atom. The number of nitrogens with one attached hydrogen (secondary N) is 1. The van der Waals surface area contributed by atoms with Crippen LogP contribution in [0.2, 0.25) is 0 Å². The maximum absolute atomic E-state index is 13.2. The summed E-state index contributed by atoms with van der Waals surface area (Å²) >= 11 is 0.651. The molecule has 0 saturated heterocycles. The molecule has 0 unspecified atom stereocenters. The van der Waals surface area contributed by atoms with Crippen molar-refractivity contribution in [1.82, 2.24) is 0 Å². The van der Waals surface area contributed by atoms with Gasteiger partial charge in [0.1, 0.15) is 34.4 Å². The van der Waals surface area contributed by atoms with Crippen LogP contribution in [-0.4, -0.2) is 88.4 Å². The summed E-state index contributed by atoms with van der Waals surface area (Å²) in [5.41, 5.74) is -0.992. The molecule has 0 aliphatic rings. The molecule has 0 aliphatic carbocycles. The number of anilines is 1.